The molecule has 1 aromatic rings. The molecule has 3 atom stereocenters. The highest BCUT2D eigenvalue weighted by Gasteiger charge is 2.40. The summed E-state index contributed by atoms with van der Waals surface area (Å²) in [4.78, 5) is 15.9. The summed E-state index contributed by atoms with van der Waals surface area (Å²) in [6.07, 6.45) is 7.80. The lowest BCUT2D eigenvalue weighted by Gasteiger charge is -2.20. The van der Waals surface area contributed by atoms with Gasteiger partial charge in [-0.15, -0.1) is 11.3 Å². The summed E-state index contributed by atoms with van der Waals surface area (Å²) < 4.78 is 0. The Bertz CT molecular complexity index is 376. The lowest BCUT2D eigenvalue weighted by molar-refractivity contribution is -0.117. The van der Waals surface area contributed by atoms with Crippen LogP contribution in [0.4, 0.5) is 5.13 Å². The summed E-state index contributed by atoms with van der Waals surface area (Å²) in [5.41, 5.74) is 0. The Morgan fingerprint density at radius 1 is 1.50 bits per heavy atom. The van der Waals surface area contributed by atoms with E-state index in [4.69, 9.17) is 0 Å². The number of nitrogens with one attached hydrogen (secondary N) is 1. The van der Waals surface area contributed by atoms with Gasteiger partial charge < -0.3 is 5.32 Å². The smallest absolute Gasteiger partial charge is 0.226 e. The fourth-order valence-electron chi connectivity index (χ4n) is 3.32. The Kier molecular flexibility index (Phi) is 2.67. The van der Waals surface area contributed by atoms with E-state index >= 15 is 0 Å². The van der Waals surface area contributed by atoms with Gasteiger partial charge in [-0.2, -0.15) is 0 Å². The number of anilines is 1. The Hall–Kier alpha value is -0.900. The van der Waals surface area contributed by atoms with E-state index in [0.717, 1.165) is 17.0 Å². The van der Waals surface area contributed by atoms with E-state index in [2.05, 4.69) is 10.3 Å². The van der Waals surface area contributed by atoms with Crippen molar-refractivity contribution in [1.82, 2.24) is 4.98 Å². The number of hydrogen-bond donors (Lipinski definition) is 1. The zero-order valence-electron chi connectivity index (χ0n) is 9.19. The van der Waals surface area contributed by atoms with Crippen LogP contribution in [0.1, 0.15) is 32.1 Å². The van der Waals surface area contributed by atoms with Crippen molar-refractivity contribution in [3.63, 3.8) is 0 Å². The van der Waals surface area contributed by atoms with Crippen molar-refractivity contribution in [2.45, 2.75) is 32.1 Å². The van der Waals surface area contributed by atoms with Crippen LogP contribution in [-0.2, 0) is 4.79 Å². The molecule has 2 fully saturated rings. The molecule has 0 unspecified atom stereocenters. The van der Waals surface area contributed by atoms with Gasteiger partial charge in [-0.1, -0.05) is 6.42 Å². The first kappa shape index (κ1) is 10.3. The molecule has 1 N–H and O–H groups in total. The molecule has 86 valence electrons. The molecule has 0 radical (unpaired) electrons. The predicted octanol–water partition coefficient (Wildman–Crippen LogP) is 2.91. The molecular formula is C12H16N2OS. The van der Waals surface area contributed by atoms with E-state index in [1.165, 1.54) is 37.0 Å². The summed E-state index contributed by atoms with van der Waals surface area (Å²) in [5.74, 6) is 2.53. The first-order chi connectivity index (χ1) is 7.81. The molecule has 1 heterocycles. The maximum atomic E-state index is 11.8. The van der Waals surface area contributed by atoms with E-state index in [0.29, 0.717) is 12.3 Å². The summed E-state index contributed by atoms with van der Waals surface area (Å²) >= 11 is 1.48. The number of amides is 1. The van der Waals surface area contributed by atoms with Crippen LogP contribution in [0, 0.1) is 17.8 Å². The second kappa shape index (κ2) is 4.17. The second-order valence-electron chi connectivity index (χ2n) is 5.02. The Balaban J connectivity index is 1.53. The van der Waals surface area contributed by atoms with Gasteiger partial charge >= 0.3 is 0 Å². The standard InChI is InChI=1S/C12H16N2OS/c15-11(14-12-13-3-4-16-12)7-10-6-8-1-2-9(10)5-8/h3-4,8-10H,1-2,5-7H2,(H,13,14,15)/t8-,9-,10+/m1/s1. The molecule has 0 saturated heterocycles. The lowest BCUT2D eigenvalue weighted by Crippen LogP contribution is -2.20. The number of rotatable bonds is 3. The zero-order chi connectivity index (χ0) is 11.0. The van der Waals surface area contributed by atoms with Crippen LogP contribution in [0.5, 0.6) is 0 Å². The molecule has 1 amide bonds. The average Bonchev–Trinajstić information content (AvgIpc) is 2.92. The molecular weight excluding hydrogens is 220 g/mol. The number of fused-ring (bicyclic) bond motifs is 2. The van der Waals surface area contributed by atoms with Crippen LogP contribution >= 0.6 is 11.3 Å². The van der Waals surface area contributed by atoms with Gasteiger partial charge in [0.1, 0.15) is 0 Å². The van der Waals surface area contributed by atoms with Gasteiger partial charge in [-0.3, -0.25) is 4.79 Å². The van der Waals surface area contributed by atoms with Crippen LogP contribution in [0.2, 0.25) is 0 Å². The number of thiazole rings is 1. The fourth-order valence-corrected chi connectivity index (χ4v) is 3.87. The maximum absolute atomic E-state index is 11.8. The first-order valence-electron chi connectivity index (χ1n) is 6.00. The third kappa shape index (κ3) is 1.98. The molecule has 0 spiro atoms. The minimum atomic E-state index is 0.146. The summed E-state index contributed by atoms with van der Waals surface area (Å²) in [6, 6.07) is 0. The summed E-state index contributed by atoms with van der Waals surface area (Å²) in [5, 5.41) is 5.49. The summed E-state index contributed by atoms with van der Waals surface area (Å²) in [7, 11) is 0. The highest BCUT2D eigenvalue weighted by molar-refractivity contribution is 7.13. The highest BCUT2D eigenvalue weighted by atomic mass is 32.1. The Morgan fingerprint density at radius 2 is 2.44 bits per heavy atom. The van der Waals surface area contributed by atoms with E-state index < -0.39 is 0 Å². The molecule has 3 nitrogen and oxygen atoms in total. The summed E-state index contributed by atoms with van der Waals surface area (Å²) in [6.45, 7) is 0. The monoisotopic (exact) mass is 236 g/mol. The Labute approximate surface area is 99.3 Å². The highest BCUT2D eigenvalue weighted by Crippen LogP contribution is 2.49. The predicted molar refractivity (Wildman–Crippen MR) is 64.3 cm³/mol. The molecule has 3 rings (SSSR count). The molecule has 16 heavy (non-hydrogen) atoms. The van der Waals surface area contributed by atoms with E-state index in [1.807, 2.05) is 5.38 Å². The van der Waals surface area contributed by atoms with Crippen LogP contribution in [-0.4, -0.2) is 10.9 Å². The van der Waals surface area contributed by atoms with Crippen molar-refractivity contribution in [2.75, 3.05) is 5.32 Å². The largest absolute Gasteiger partial charge is 0.302 e. The van der Waals surface area contributed by atoms with Crippen molar-refractivity contribution in [1.29, 1.82) is 0 Å². The third-order valence-corrected chi connectivity index (χ3v) is 4.70. The minimum Gasteiger partial charge on any atom is -0.302 e. The molecule has 0 aliphatic heterocycles. The molecule has 0 aromatic carbocycles. The van der Waals surface area contributed by atoms with Crippen molar-refractivity contribution < 1.29 is 4.79 Å². The van der Waals surface area contributed by atoms with Gasteiger partial charge in [0.2, 0.25) is 5.91 Å². The molecule has 1 aromatic heterocycles. The lowest BCUT2D eigenvalue weighted by atomic mass is 9.86. The van der Waals surface area contributed by atoms with Gasteiger partial charge in [-0.05, 0) is 37.0 Å². The number of nitrogens with zero attached hydrogens (tertiary/aromatic N) is 1. The number of carbonyl (C=O) groups is 1. The van der Waals surface area contributed by atoms with Crippen molar-refractivity contribution in [3.05, 3.63) is 11.6 Å². The van der Waals surface area contributed by atoms with Gasteiger partial charge in [0.05, 0.1) is 0 Å². The van der Waals surface area contributed by atoms with E-state index in [1.54, 1.807) is 6.20 Å². The van der Waals surface area contributed by atoms with E-state index in [-0.39, 0.29) is 5.91 Å². The van der Waals surface area contributed by atoms with Crippen molar-refractivity contribution in [2.24, 2.45) is 17.8 Å². The van der Waals surface area contributed by atoms with Gasteiger partial charge in [0.15, 0.2) is 5.13 Å². The zero-order valence-corrected chi connectivity index (χ0v) is 10.0. The number of hydrogen-bond acceptors (Lipinski definition) is 3. The average molecular weight is 236 g/mol. The van der Waals surface area contributed by atoms with Crippen LogP contribution in [0.25, 0.3) is 0 Å². The topological polar surface area (TPSA) is 42.0 Å². The Morgan fingerprint density at radius 3 is 3.06 bits per heavy atom. The van der Waals surface area contributed by atoms with Crippen molar-refractivity contribution in [3.8, 4) is 0 Å². The molecule has 2 bridgehead atoms. The minimum absolute atomic E-state index is 0.146. The molecule has 2 aliphatic carbocycles. The van der Waals surface area contributed by atoms with Gasteiger partial charge in [0, 0.05) is 18.0 Å². The van der Waals surface area contributed by atoms with Gasteiger partial charge in [0.25, 0.3) is 0 Å². The normalized spacial score (nSPS) is 31.9. The molecule has 4 heteroatoms. The van der Waals surface area contributed by atoms with Crippen LogP contribution < -0.4 is 5.32 Å². The quantitative estimate of drug-likeness (QED) is 0.876. The van der Waals surface area contributed by atoms with Gasteiger partial charge in [-0.25, -0.2) is 4.98 Å². The fraction of sp³-hybridized carbons (Fsp3) is 0.667. The SMILES string of the molecule is O=C(C[C@@H]1C[C@@H]2CC[C@@H]1C2)Nc1nccs1. The molecule has 2 aliphatic rings. The number of carbonyl (C=O) groups excluding carboxylic acids is 1. The first-order valence-corrected chi connectivity index (χ1v) is 6.88. The molecule has 2 saturated carbocycles. The van der Waals surface area contributed by atoms with Crippen LogP contribution in [0.3, 0.4) is 0 Å². The maximum Gasteiger partial charge on any atom is 0.226 e. The number of aromatic nitrogens is 1. The third-order valence-electron chi connectivity index (χ3n) is 4.01. The second-order valence-corrected chi connectivity index (χ2v) is 5.92. The van der Waals surface area contributed by atoms with E-state index in [9.17, 15) is 4.79 Å². The van der Waals surface area contributed by atoms with Crippen LogP contribution in [0.15, 0.2) is 11.6 Å². The van der Waals surface area contributed by atoms with Crippen molar-refractivity contribution >= 4 is 22.4 Å².